The number of hydrogen-bond donors (Lipinski definition) is 1. The number of hydrogen-bond acceptors (Lipinski definition) is 3. The molecule has 1 amide bonds. The summed E-state index contributed by atoms with van der Waals surface area (Å²) in [5.41, 5.74) is 2.63. The highest BCUT2D eigenvalue weighted by Gasteiger charge is 2.28. The van der Waals surface area contributed by atoms with Crippen molar-refractivity contribution in [1.29, 1.82) is 0 Å². The average Bonchev–Trinajstić information content (AvgIpc) is 3.47. The standard InChI is InChI=1S/C22H28N2O3S/c1-4-13-24(15-18-10-11-18)22(25)20-14-19(12-9-16(20)2)28(26,27)23-21-8-6-5-7-17(21)3/h5-9,12,14,18,23H,4,10-11,13,15H2,1-3H3. The molecule has 3 rings (SSSR count). The number of aryl methyl sites for hydroxylation is 2. The normalized spacial score (nSPS) is 14.0. The molecule has 0 aliphatic heterocycles. The molecule has 0 heterocycles. The molecular weight excluding hydrogens is 372 g/mol. The van der Waals surface area contributed by atoms with Crippen molar-refractivity contribution in [1.82, 2.24) is 4.90 Å². The van der Waals surface area contributed by atoms with Gasteiger partial charge >= 0.3 is 0 Å². The zero-order valence-electron chi connectivity index (χ0n) is 16.7. The number of amides is 1. The van der Waals surface area contributed by atoms with Crippen molar-refractivity contribution in [2.24, 2.45) is 5.92 Å². The lowest BCUT2D eigenvalue weighted by molar-refractivity contribution is 0.0746. The Balaban J connectivity index is 1.89. The fourth-order valence-electron chi connectivity index (χ4n) is 3.22. The van der Waals surface area contributed by atoms with E-state index < -0.39 is 10.0 Å². The highest BCUT2D eigenvalue weighted by molar-refractivity contribution is 7.92. The van der Waals surface area contributed by atoms with E-state index in [-0.39, 0.29) is 10.8 Å². The highest BCUT2D eigenvalue weighted by atomic mass is 32.2. The van der Waals surface area contributed by atoms with E-state index in [4.69, 9.17) is 0 Å². The third-order valence-electron chi connectivity index (χ3n) is 5.10. The Bertz CT molecular complexity index is 965. The molecule has 6 heteroatoms. The van der Waals surface area contributed by atoms with Gasteiger partial charge in [0.15, 0.2) is 0 Å². The van der Waals surface area contributed by atoms with Gasteiger partial charge in [0.25, 0.3) is 15.9 Å². The minimum atomic E-state index is -3.78. The summed E-state index contributed by atoms with van der Waals surface area (Å²) in [4.78, 5) is 15.1. The van der Waals surface area contributed by atoms with E-state index >= 15 is 0 Å². The van der Waals surface area contributed by atoms with Gasteiger partial charge in [-0.25, -0.2) is 8.42 Å². The lowest BCUT2D eigenvalue weighted by atomic mass is 10.1. The first kappa shape index (κ1) is 20.4. The fourth-order valence-corrected chi connectivity index (χ4v) is 4.37. The SMILES string of the molecule is CCCN(CC1CC1)C(=O)c1cc(S(=O)(=O)Nc2ccccc2C)ccc1C. The van der Waals surface area contributed by atoms with Gasteiger partial charge in [-0.3, -0.25) is 9.52 Å². The first-order valence-electron chi connectivity index (χ1n) is 9.80. The van der Waals surface area contributed by atoms with Gasteiger partial charge in [-0.15, -0.1) is 0 Å². The van der Waals surface area contributed by atoms with E-state index in [1.807, 2.05) is 37.8 Å². The lowest BCUT2D eigenvalue weighted by Crippen LogP contribution is -2.34. The largest absolute Gasteiger partial charge is 0.338 e. The fraction of sp³-hybridized carbons (Fsp3) is 0.409. The summed E-state index contributed by atoms with van der Waals surface area (Å²) in [7, 11) is -3.78. The van der Waals surface area contributed by atoms with Crippen LogP contribution in [0.5, 0.6) is 0 Å². The summed E-state index contributed by atoms with van der Waals surface area (Å²) >= 11 is 0. The highest BCUT2D eigenvalue weighted by Crippen LogP contribution is 2.30. The number of carbonyl (C=O) groups is 1. The van der Waals surface area contributed by atoms with Gasteiger partial charge in [-0.1, -0.05) is 31.2 Å². The number of sulfonamides is 1. The molecule has 1 aliphatic rings. The predicted molar refractivity (Wildman–Crippen MR) is 112 cm³/mol. The molecule has 1 saturated carbocycles. The van der Waals surface area contributed by atoms with Crippen molar-refractivity contribution in [3.8, 4) is 0 Å². The van der Waals surface area contributed by atoms with E-state index in [1.54, 1.807) is 24.3 Å². The van der Waals surface area contributed by atoms with Crippen LogP contribution in [0.25, 0.3) is 0 Å². The molecule has 2 aromatic carbocycles. The molecule has 0 saturated heterocycles. The molecular formula is C22H28N2O3S. The summed E-state index contributed by atoms with van der Waals surface area (Å²) < 4.78 is 28.4. The van der Waals surface area contributed by atoms with Crippen molar-refractivity contribution < 1.29 is 13.2 Å². The number of nitrogens with zero attached hydrogens (tertiary/aromatic N) is 1. The van der Waals surface area contributed by atoms with Crippen LogP contribution in [0.4, 0.5) is 5.69 Å². The topological polar surface area (TPSA) is 66.5 Å². The molecule has 1 fully saturated rings. The molecule has 28 heavy (non-hydrogen) atoms. The van der Waals surface area contributed by atoms with Gasteiger partial charge in [0.1, 0.15) is 0 Å². The second-order valence-corrected chi connectivity index (χ2v) is 9.27. The zero-order valence-corrected chi connectivity index (χ0v) is 17.6. The van der Waals surface area contributed by atoms with E-state index in [9.17, 15) is 13.2 Å². The monoisotopic (exact) mass is 400 g/mol. The van der Waals surface area contributed by atoms with Gasteiger partial charge in [0.2, 0.25) is 0 Å². The van der Waals surface area contributed by atoms with Crippen molar-refractivity contribution in [3.63, 3.8) is 0 Å². The molecule has 0 radical (unpaired) electrons. The maximum absolute atomic E-state index is 13.1. The number of para-hydroxylation sites is 1. The van der Waals surface area contributed by atoms with Gasteiger partial charge in [0.05, 0.1) is 10.6 Å². The smallest absolute Gasteiger partial charge is 0.261 e. The molecule has 0 bridgehead atoms. The Labute approximate surface area is 167 Å². The Hall–Kier alpha value is -2.34. The van der Waals surface area contributed by atoms with E-state index in [0.717, 1.165) is 24.1 Å². The predicted octanol–water partition coefficient (Wildman–Crippen LogP) is 4.37. The Morgan fingerprint density at radius 2 is 1.82 bits per heavy atom. The van der Waals surface area contributed by atoms with Crippen molar-refractivity contribution >= 4 is 21.6 Å². The Morgan fingerprint density at radius 1 is 1.11 bits per heavy atom. The van der Waals surface area contributed by atoms with Crippen LogP contribution < -0.4 is 4.72 Å². The van der Waals surface area contributed by atoms with Crippen LogP contribution in [0.15, 0.2) is 47.4 Å². The molecule has 1 aliphatic carbocycles. The van der Waals surface area contributed by atoms with Crippen LogP contribution in [0.2, 0.25) is 0 Å². The number of benzene rings is 2. The summed E-state index contributed by atoms with van der Waals surface area (Å²) in [5.74, 6) is 0.504. The van der Waals surface area contributed by atoms with E-state index in [0.29, 0.717) is 23.7 Å². The zero-order chi connectivity index (χ0) is 20.3. The van der Waals surface area contributed by atoms with Crippen LogP contribution in [-0.4, -0.2) is 32.3 Å². The summed E-state index contributed by atoms with van der Waals surface area (Å²) in [6, 6.07) is 12.0. The van der Waals surface area contributed by atoms with Crippen LogP contribution in [0, 0.1) is 19.8 Å². The maximum atomic E-state index is 13.1. The molecule has 0 unspecified atom stereocenters. The van der Waals surface area contributed by atoms with Gasteiger partial charge in [0, 0.05) is 18.7 Å². The Kier molecular flexibility index (Phi) is 6.08. The first-order valence-corrected chi connectivity index (χ1v) is 11.3. The summed E-state index contributed by atoms with van der Waals surface area (Å²) in [6.45, 7) is 7.19. The maximum Gasteiger partial charge on any atom is 0.261 e. The molecule has 0 atom stereocenters. The van der Waals surface area contributed by atoms with Crippen molar-refractivity contribution in [3.05, 3.63) is 59.2 Å². The molecule has 5 nitrogen and oxygen atoms in total. The van der Waals surface area contributed by atoms with Gasteiger partial charge < -0.3 is 4.90 Å². The number of anilines is 1. The second-order valence-electron chi connectivity index (χ2n) is 7.59. The lowest BCUT2D eigenvalue weighted by Gasteiger charge is -2.23. The van der Waals surface area contributed by atoms with Crippen LogP contribution in [0.1, 0.15) is 47.7 Å². The molecule has 0 aromatic heterocycles. The minimum absolute atomic E-state index is 0.0841. The second kappa shape index (κ2) is 8.35. The summed E-state index contributed by atoms with van der Waals surface area (Å²) in [6.07, 6.45) is 3.22. The van der Waals surface area contributed by atoms with E-state index in [1.165, 1.54) is 18.9 Å². The molecule has 1 N–H and O–H groups in total. The molecule has 0 spiro atoms. The van der Waals surface area contributed by atoms with Crippen LogP contribution >= 0.6 is 0 Å². The van der Waals surface area contributed by atoms with E-state index in [2.05, 4.69) is 4.72 Å². The molecule has 150 valence electrons. The Morgan fingerprint density at radius 3 is 2.46 bits per heavy atom. The quantitative estimate of drug-likeness (QED) is 0.716. The number of carbonyl (C=O) groups excluding carboxylic acids is 1. The summed E-state index contributed by atoms with van der Waals surface area (Å²) in [5, 5.41) is 0. The first-order chi connectivity index (χ1) is 13.3. The third kappa shape index (κ3) is 4.73. The van der Waals surface area contributed by atoms with Crippen molar-refractivity contribution in [2.45, 2.75) is 44.9 Å². The minimum Gasteiger partial charge on any atom is -0.338 e. The van der Waals surface area contributed by atoms with Gasteiger partial charge in [-0.05, 0) is 68.4 Å². The number of nitrogens with one attached hydrogen (secondary N) is 1. The molecule has 2 aromatic rings. The van der Waals surface area contributed by atoms with Crippen LogP contribution in [0.3, 0.4) is 0 Å². The van der Waals surface area contributed by atoms with Crippen molar-refractivity contribution in [2.75, 3.05) is 17.8 Å². The third-order valence-corrected chi connectivity index (χ3v) is 6.46. The van der Waals surface area contributed by atoms with Gasteiger partial charge in [-0.2, -0.15) is 0 Å². The van der Waals surface area contributed by atoms with Crippen LogP contribution in [-0.2, 0) is 10.0 Å². The average molecular weight is 401 g/mol. The number of rotatable bonds is 8.